The molecule has 0 aromatic rings. The van der Waals surface area contributed by atoms with Crippen LogP contribution in [-0.2, 0) is 4.74 Å². The standard InChI is InChI=1S/C9H21NOS/c1-9(8-11-2)10-6-4-5-7-12-3/h9-10H,4-8H2,1-3H3. The normalized spacial score (nSPS) is 13.2. The predicted molar refractivity (Wildman–Crippen MR) is 57.0 cm³/mol. The molecule has 0 amide bonds. The van der Waals surface area contributed by atoms with Crippen LogP contribution in [0, 0.1) is 0 Å². The van der Waals surface area contributed by atoms with E-state index in [2.05, 4.69) is 18.5 Å². The Morgan fingerprint density at radius 1 is 1.42 bits per heavy atom. The molecule has 74 valence electrons. The Bertz CT molecular complexity index is 90.6. The zero-order valence-electron chi connectivity index (χ0n) is 8.43. The maximum atomic E-state index is 5.02. The van der Waals surface area contributed by atoms with E-state index >= 15 is 0 Å². The average molecular weight is 191 g/mol. The fraction of sp³-hybridized carbons (Fsp3) is 1.00. The Balaban J connectivity index is 2.97. The first-order valence-electron chi connectivity index (χ1n) is 4.52. The van der Waals surface area contributed by atoms with Gasteiger partial charge < -0.3 is 10.1 Å². The predicted octanol–water partition coefficient (Wildman–Crippen LogP) is 1.75. The lowest BCUT2D eigenvalue weighted by molar-refractivity contribution is 0.172. The van der Waals surface area contributed by atoms with Crippen LogP contribution in [0.25, 0.3) is 0 Å². The van der Waals surface area contributed by atoms with Gasteiger partial charge in [0.15, 0.2) is 0 Å². The Labute approximate surface area is 80.4 Å². The second-order valence-corrected chi connectivity index (χ2v) is 4.00. The molecule has 0 bridgehead atoms. The van der Waals surface area contributed by atoms with E-state index in [-0.39, 0.29) is 0 Å². The van der Waals surface area contributed by atoms with Gasteiger partial charge in [-0.05, 0) is 38.3 Å². The van der Waals surface area contributed by atoms with E-state index in [0.717, 1.165) is 13.2 Å². The number of ether oxygens (including phenoxy) is 1. The van der Waals surface area contributed by atoms with Gasteiger partial charge in [0.05, 0.1) is 6.61 Å². The number of hydrogen-bond acceptors (Lipinski definition) is 3. The van der Waals surface area contributed by atoms with E-state index < -0.39 is 0 Å². The Kier molecular flexibility index (Phi) is 9.57. The van der Waals surface area contributed by atoms with Crippen molar-refractivity contribution in [3.63, 3.8) is 0 Å². The zero-order valence-corrected chi connectivity index (χ0v) is 9.25. The van der Waals surface area contributed by atoms with Gasteiger partial charge >= 0.3 is 0 Å². The lowest BCUT2D eigenvalue weighted by atomic mass is 10.3. The van der Waals surface area contributed by atoms with Gasteiger partial charge in [-0.3, -0.25) is 0 Å². The van der Waals surface area contributed by atoms with Crippen molar-refractivity contribution in [1.29, 1.82) is 0 Å². The number of unbranched alkanes of at least 4 members (excludes halogenated alkanes) is 1. The highest BCUT2D eigenvalue weighted by molar-refractivity contribution is 7.98. The monoisotopic (exact) mass is 191 g/mol. The number of hydrogen-bond donors (Lipinski definition) is 1. The molecule has 0 aromatic heterocycles. The molecule has 1 N–H and O–H groups in total. The van der Waals surface area contributed by atoms with Crippen molar-refractivity contribution in [1.82, 2.24) is 5.32 Å². The molecule has 0 aliphatic heterocycles. The SMILES string of the molecule is COCC(C)NCCCCSC. The number of methoxy groups -OCH3 is 1. The van der Waals surface area contributed by atoms with Crippen LogP contribution in [0.2, 0.25) is 0 Å². The smallest absolute Gasteiger partial charge is 0.0613 e. The fourth-order valence-electron chi connectivity index (χ4n) is 1.03. The zero-order chi connectivity index (χ0) is 9.23. The maximum Gasteiger partial charge on any atom is 0.0613 e. The first-order valence-corrected chi connectivity index (χ1v) is 5.92. The van der Waals surface area contributed by atoms with Crippen molar-refractivity contribution in [2.75, 3.05) is 32.3 Å². The summed E-state index contributed by atoms with van der Waals surface area (Å²) in [6, 6.07) is 0.490. The summed E-state index contributed by atoms with van der Waals surface area (Å²) in [6.07, 6.45) is 4.74. The molecule has 1 unspecified atom stereocenters. The second-order valence-electron chi connectivity index (χ2n) is 3.01. The largest absolute Gasteiger partial charge is 0.383 e. The van der Waals surface area contributed by atoms with E-state index in [1.165, 1.54) is 18.6 Å². The van der Waals surface area contributed by atoms with Crippen molar-refractivity contribution in [3.05, 3.63) is 0 Å². The van der Waals surface area contributed by atoms with Crippen LogP contribution in [0.4, 0.5) is 0 Å². The minimum atomic E-state index is 0.490. The molecule has 0 spiro atoms. The minimum absolute atomic E-state index is 0.490. The van der Waals surface area contributed by atoms with Crippen LogP contribution in [0.1, 0.15) is 19.8 Å². The molecule has 0 radical (unpaired) electrons. The summed E-state index contributed by atoms with van der Waals surface area (Å²) >= 11 is 1.92. The number of thioether (sulfide) groups is 1. The highest BCUT2D eigenvalue weighted by Crippen LogP contribution is 1.98. The van der Waals surface area contributed by atoms with Crippen molar-refractivity contribution in [3.8, 4) is 0 Å². The summed E-state index contributed by atoms with van der Waals surface area (Å²) in [7, 11) is 1.74. The fourth-order valence-corrected chi connectivity index (χ4v) is 1.52. The molecule has 1 atom stereocenters. The molecular formula is C9H21NOS. The topological polar surface area (TPSA) is 21.3 Å². The van der Waals surface area contributed by atoms with E-state index in [1.807, 2.05) is 11.8 Å². The van der Waals surface area contributed by atoms with Gasteiger partial charge in [-0.25, -0.2) is 0 Å². The molecule has 0 rings (SSSR count). The molecule has 0 aromatic carbocycles. The van der Waals surface area contributed by atoms with Gasteiger partial charge in [-0.2, -0.15) is 11.8 Å². The summed E-state index contributed by atoms with van der Waals surface area (Å²) in [5.41, 5.74) is 0. The van der Waals surface area contributed by atoms with E-state index in [0.29, 0.717) is 6.04 Å². The first-order chi connectivity index (χ1) is 5.81. The van der Waals surface area contributed by atoms with E-state index in [9.17, 15) is 0 Å². The minimum Gasteiger partial charge on any atom is -0.383 e. The molecular weight excluding hydrogens is 170 g/mol. The quantitative estimate of drug-likeness (QED) is 0.591. The number of rotatable bonds is 8. The van der Waals surface area contributed by atoms with Crippen molar-refractivity contribution >= 4 is 11.8 Å². The third-order valence-corrected chi connectivity index (χ3v) is 2.38. The van der Waals surface area contributed by atoms with Crippen LogP contribution in [0.15, 0.2) is 0 Å². The molecule has 0 heterocycles. The Morgan fingerprint density at radius 3 is 2.75 bits per heavy atom. The summed E-state index contributed by atoms with van der Waals surface area (Å²) in [5.74, 6) is 1.28. The summed E-state index contributed by atoms with van der Waals surface area (Å²) in [6.45, 7) is 4.08. The molecule has 0 fully saturated rings. The third-order valence-electron chi connectivity index (χ3n) is 1.68. The molecule has 0 aliphatic carbocycles. The molecule has 0 saturated heterocycles. The van der Waals surface area contributed by atoms with Crippen LogP contribution < -0.4 is 5.32 Å². The highest BCUT2D eigenvalue weighted by Gasteiger charge is 1.97. The molecule has 0 saturated carbocycles. The third kappa shape index (κ3) is 8.37. The van der Waals surface area contributed by atoms with Crippen molar-refractivity contribution in [2.24, 2.45) is 0 Å². The summed E-state index contributed by atoms with van der Waals surface area (Å²) in [4.78, 5) is 0. The second kappa shape index (κ2) is 9.36. The molecule has 2 nitrogen and oxygen atoms in total. The molecule has 12 heavy (non-hydrogen) atoms. The Morgan fingerprint density at radius 2 is 2.17 bits per heavy atom. The number of nitrogens with one attached hydrogen (secondary N) is 1. The molecule has 3 heteroatoms. The van der Waals surface area contributed by atoms with Gasteiger partial charge in [0.2, 0.25) is 0 Å². The summed E-state index contributed by atoms with van der Waals surface area (Å²) < 4.78 is 5.02. The lowest BCUT2D eigenvalue weighted by Crippen LogP contribution is -2.30. The van der Waals surface area contributed by atoms with Gasteiger partial charge in [0, 0.05) is 13.2 Å². The van der Waals surface area contributed by atoms with E-state index in [4.69, 9.17) is 4.74 Å². The van der Waals surface area contributed by atoms with Crippen LogP contribution in [0.3, 0.4) is 0 Å². The highest BCUT2D eigenvalue weighted by atomic mass is 32.2. The van der Waals surface area contributed by atoms with Crippen LogP contribution in [0.5, 0.6) is 0 Å². The van der Waals surface area contributed by atoms with Gasteiger partial charge in [0.25, 0.3) is 0 Å². The van der Waals surface area contributed by atoms with Crippen LogP contribution in [-0.4, -0.2) is 38.3 Å². The van der Waals surface area contributed by atoms with Gasteiger partial charge in [-0.15, -0.1) is 0 Å². The van der Waals surface area contributed by atoms with Gasteiger partial charge in [0.1, 0.15) is 0 Å². The van der Waals surface area contributed by atoms with E-state index in [1.54, 1.807) is 7.11 Å². The van der Waals surface area contributed by atoms with Crippen LogP contribution >= 0.6 is 11.8 Å². The Hall–Kier alpha value is 0.270. The summed E-state index contributed by atoms with van der Waals surface area (Å²) in [5, 5.41) is 3.41. The maximum absolute atomic E-state index is 5.02. The van der Waals surface area contributed by atoms with Gasteiger partial charge in [-0.1, -0.05) is 0 Å². The van der Waals surface area contributed by atoms with Crippen molar-refractivity contribution in [2.45, 2.75) is 25.8 Å². The first kappa shape index (κ1) is 12.3. The van der Waals surface area contributed by atoms with Crippen molar-refractivity contribution < 1.29 is 4.74 Å². The molecule has 0 aliphatic rings. The lowest BCUT2D eigenvalue weighted by Gasteiger charge is -2.11. The average Bonchev–Trinajstić information content (AvgIpc) is 2.05.